The van der Waals surface area contributed by atoms with Crippen molar-refractivity contribution in [2.75, 3.05) is 6.61 Å². The fraction of sp³-hybridized carbons (Fsp3) is 0.889. The molecule has 0 spiro atoms. The summed E-state index contributed by atoms with van der Waals surface area (Å²) in [5, 5.41) is 23.7. The average molecular weight is 846 g/mol. The quantitative estimate of drug-likeness (QED) is 0.0322. The highest BCUT2D eigenvalue weighted by Gasteiger charge is 2.24. The van der Waals surface area contributed by atoms with Crippen LogP contribution >= 0.6 is 0 Å². The molecule has 6 nitrogen and oxygen atoms in total. The van der Waals surface area contributed by atoms with E-state index in [0.29, 0.717) is 19.3 Å². The molecule has 3 N–H and O–H groups in total. The van der Waals surface area contributed by atoms with E-state index in [0.717, 1.165) is 64.2 Å². The minimum absolute atomic E-state index is 0.0725. The van der Waals surface area contributed by atoms with E-state index in [9.17, 15) is 19.8 Å². The Morgan fingerprint density at radius 1 is 0.467 bits per heavy atom. The number of nitrogens with one attached hydrogen (secondary N) is 1. The van der Waals surface area contributed by atoms with Crippen molar-refractivity contribution in [2.45, 2.75) is 302 Å². The van der Waals surface area contributed by atoms with Gasteiger partial charge in [-0.05, 0) is 77.0 Å². The molecule has 0 rings (SSSR count). The van der Waals surface area contributed by atoms with Gasteiger partial charge in [0.05, 0.1) is 25.2 Å². The summed E-state index contributed by atoms with van der Waals surface area (Å²) in [5.74, 6) is -0.485. The van der Waals surface area contributed by atoms with Gasteiger partial charge in [0.25, 0.3) is 0 Å². The molecular weight excluding hydrogens is 743 g/mol. The van der Waals surface area contributed by atoms with Gasteiger partial charge in [0.1, 0.15) is 6.10 Å². The summed E-state index contributed by atoms with van der Waals surface area (Å²) in [6.45, 7) is 6.48. The van der Waals surface area contributed by atoms with E-state index >= 15 is 0 Å². The van der Waals surface area contributed by atoms with Crippen molar-refractivity contribution in [1.82, 2.24) is 5.32 Å². The monoisotopic (exact) mass is 846 g/mol. The number of hydrogen-bond donors (Lipinski definition) is 3. The van der Waals surface area contributed by atoms with Crippen LogP contribution in [0.15, 0.2) is 24.3 Å². The van der Waals surface area contributed by atoms with Gasteiger partial charge in [-0.1, -0.05) is 218 Å². The molecule has 354 valence electrons. The molecule has 0 saturated carbocycles. The molecule has 0 aromatic carbocycles. The third kappa shape index (κ3) is 43.0. The highest BCUT2D eigenvalue weighted by molar-refractivity contribution is 5.77. The predicted octanol–water partition coefficient (Wildman–Crippen LogP) is 15.9. The Hall–Kier alpha value is -1.66. The van der Waals surface area contributed by atoms with Crippen molar-refractivity contribution < 1.29 is 24.5 Å². The van der Waals surface area contributed by atoms with Crippen molar-refractivity contribution in [3.8, 4) is 0 Å². The zero-order chi connectivity index (χ0) is 43.8. The van der Waals surface area contributed by atoms with Crippen LogP contribution in [0.2, 0.25) is 0 Å². The van der Waals surface area contributed by atoms with Gasteiger partial charge in [0, 0.05) is 6.42 Å². The number of carbonyl (C=O) groups excluding carboxylic acids is 2. The number of carbonyl (C=O) groups is 2. The summed E-state index contributed by atoms with van der Waals surface area (Å²) in [7, 11) is 0. The summed E-state index contributed by atoms with van der Waals surface area (Å²) >= 11 is 0. The SMILES string of the molecule is CCCCCCCC/C=C/CCCCCCCCCC(CC(=O)NC(CO)C(O)CCCCCCCCCCCC)OC(=O)CCCCC/C=C\CCCCCCCCC. The minimum atomic E-state index is -0.787. The Balaban J connectivity index is 4.58. The van der Waals surface area contributed by atoms with E-state index in [1.54, 1.807) is 0 Å². The molecule has 0 bridgehead atoms. The average Bonchev–Trinajstić information content (AvgIpc) is 3.24. The standard InChI is InChI=1S/C54H103NO5/c1-4-7-10-13-16-19-22-24-26-27-28-29-31-33-36-39-42-45-50(60-54(59)47-44-41-38-35-32-30-25-23-20-17-14-11-8-5-2)48-53(58)55-51(49-56)52(57)46-43-40-37-34-21-18-15-12-9-6-3/h24,26,30,32,50-52,56-57H,4-23,25,27-29,31,33-49H2,1-3H3,(H,55,58)/b26-24+,32-30-. The fourth-order valence-electron chi connectivity index (χ4n) is 8.19. The van der Waals surface area contributed by atoms with Crippen LogP contribution in [0.1, 0.15) is 284 Å². The first-order valence-corrected chi connectivity index (χ1v) is 26.6. The topological polar surface area (TPSA) is 95.9 Å². The van der Waals surface area contributed by atoms with Crippen LogP contribution in [-0.2, 0) is 14.3 Å². The Kier molecular flexibility index (Phi) is 47.0. The zero-order valence-electron chi connectivity index (χ0n) is 40.4. The van der Waals surface area contributed by atoms with Crippen LogP contribution in [0.4, 0.5) is 0 Å². The number of aliphatic hydroxyl groups is 2. The number of ether oxygens (including phenoxy) is 1. The lowest BCUT2D eigenvalue weighted by molar-refractivity contribution is -0.151. The van der Waals surface area contributed by atoms with Gasteiger partial charge in [0.2, 0.25) is 5.91 Å². The third-order valence-corrected chi connectivity index (χ3v) is 12.3. The molecule has 3 unspecified atom stereocenters. The molecule has 0 aromatic heterocycles. The second-order valence-corrected chi connectivity index (χ2v) is 18.3. The first kappa shape index (κ1) is 58.3. The van der Waals surface area contributed by atoms with Crippen LogP contribution in [0.5, 0.6) is 0 Å². The van der Waals surface area contributed by atoms with Crippen LogP contribution < -0.4 is 5.32 Å². The summed E-state index contributed by atoms with van der Waals surface area (Å²) in [4.78, 5) is 26.1. The molecule has 60 heavy (non-hydrogen) atoms. The van der Waals surface area contributed by atoms with E-state index in [-0.39, 0.29) is 24.9 Å². The third-order valence-electron chi connectivity index (χ3n) is 12.3. The summed E-state index contributed by atoms with van der Waals surface area (Å²) < 4.78 is 5.93. The Bertz CT molecular complexity index is 950. The van der Waals surface area contributed by atoms with E-state index in [4.69, 9.17) is 4.74 Å². The van der Waals surface area contributed by atoms with Gasteiger partial charge in [-0.3, -0.25) is 9.59 Å². The van der Waals surface area contributed by atoms with Crippen LogP contribution in [0, 0.1) is 0 Å². The maximum atomic E-state index is 13.2. The summed E-state index contributed by atoms with van der Waals surface area (Å²) in [5.41, 5.74) is 0. The smallest absolute Gasteiger partial charge is 0.306 e. The van der Waals surface area contributed by atoms with E-state index < -0.39 is 18.2 Å². The lowest BCUT2D eigenvalue weighted by Crippen LogP contribution is -2.46. The molecule has 0 aliphatic carbocycles. The fourth-order valence-corrected chi connectivity index (χ4v) is 8.19. The lowest BCUT2D eigenvalue weighted by atomic mass is 10.0. The second kappa shape index (κ2) is 48.4. The Morgan fingerprint density at radius 3 is 1.18 bits per heavy atom. The molecule has 0 heterocycles. The number of allylic oxidation sites excluding steroid dienone is 4. The van der Waals surface area contributed by atoms with Crippen molar-refractivity contribution in [1.29, 1.82) is 0 Å². The van der Waals surface area contributed by atoms with Gasteiger partial charge in [0.15, 0.2) is 0 Å². The first-order valence-electron chi connectivity index (χ1n) is 26.6. The minimum Gasteiger partial charge on any atom is -0.462 e. The zero-order valence-corrected chi connectivity index (χ0v) is 40.4. The van der Waals surface area contributed by atoms with Crippen molar-refractivity contribution >= 4 is 11.9 Å². The molecular formula is C54H103NO5. The number of amides is 1. The van der Waals surface area contributed by atoms with Gasteiger partial charge in [-0.2, -0.15) is 0 Å². The number of hydrogen-bond acceptors (Lipinski definition) is 5. The highest BCUT2D eigenvalue weighted by Crippen LogP contribution is 2.18. The molecule has 3 atom stereocenters. The van der Waals surface area contributed by atoms with Gasteiger partial charge in [-0.25, -0.2) is 0 Å². The van der Waals surface area contributed by atoms with Crippen LogP contribution in [0.3, 0.4) is 0 Å². The Labute approximate surface area is 373 Å². The highest BCUT2D eigenvalue weighted by atomic mass is 16.5. The number of esters is 1. The largest absolute Gasteiger partial charge is 0.462 e. The normalized spacial score (nSPS) is 13.3. The molecule has 0 saturated heterocycles. The molecule has 0 fully saturated rings. The van der Waals surface area contributed by atoms with Crippen molar-refractivity contribution in [2.24, 2.45) is 0 Å². The van der Waals surface area contributed by atoms with Gasteiger partial charge >= 0.3 is 5.97 Å². The van der Waals surface area contributed by atoms with E-state index in [1.807, 2.05) is 0 Å². The predicted molar refractivity (Wildman–Crippen MR) is 260 cm³/mol. The molecule has 0 aromatic rings. The van der Waals surface area contributed by atoms with Crippen LogP contribution in [-0.4, -0.2) is 46.9 Å². The first-order chi connectivity index (χ1) is 29.5. The molecule has 1 amide bonds. The van der Waals surface area contributed by atoms with Gasteiger partial charge < -0.3 is 20.3 Å². The number of rotatable bonds is 48. The van der Waals surface area contributed by atoms with E-state index in [1.165, 1.54) is 173 Å². The molecule has 0 radical (unpaired) electrons. The molecule has 0 aliphatic heterocycles. The maximum absolute atomic E-state index is 13.2. The molecule has 6 heteroatoms. The lowest BCUT2D eigenvalue weighted by Gasteiger charge is -2.24. The maximum Gasteiger partial charge on any atom is 0.306 e. The summed E-state index contributed by atoms with van der Waals surface area (Å²) in [6.07, 6.45) is 55.2. The van der Waals surface area contributed by atoms with E-state index in [2.05, 4.69) is 50.4 Å². The number of aliphatic hydroxyl groups excluding tert-OH is 2. The Morgan fingerprint density at radius 2 is 0.800 bits per heavy atom. The van der Waals surface area contributed by atoms with Crippen molar-refractivity contribution in [3.63, 3.8) is 0 Å². The summed E-state index contributed by atoms with van der Waals surface area (Å²) in [6, 6.07) is -0.701. The van der Waals surface area contributed by atoms with Crippen LogP contribution in [0.25, 0.3) is 0 Å². The number of unbranched alkanes of at least 4 members (excludes halogenated alkanes) is 32. The molecule has 0 aliphatic rings. The van der Waals surface area contributed by atoms with Crippen molar-refractivity contribution in [3.05, 3.63) is 24.3 Å². The van der Waals surface area contributed by atoms with Gasteiger partial charge in [-0.15, -0.1) is 0 Å². The second-order valence-electron chi connectivity index (χ2n) is 18.3.